The van der Waals surface area contributed by atoms with Crippen molar-refractivity contribution in [3.63, 3.8) is 0 Å². The van der Waals surface area contributed by atoms with Crippen LogP contribution in [0.15, 0.2) is 0 Å². The van der Waals surface area contributed by atoms with Gasteiger partial charge in [-0.2, -0.15) is 0 Å². The van der Waals surface area contributed by atoms with E-state index >= 15 is 0 Å². The largest absolute Gasteiger partial charge is 0.478 e. The van der Waals surface area contributed by atoms with E-state index in [1.54, 1.807) is 6.92 Å². The molecule has 0 bridgehead atoms. The van der Waals surface area contributed by atoms with Crippen LogP contribution in [0.2, 0.25) is 0 Å². The quantitative estimate of drug-likeness (QED) is 0.526. The summed E-state index contributed by atoms with van der Waals surface area (Å²) in [6.45, 7) is 1.66. The molecule has 72 valence electrons. The van der Waals surface area contributed by atoms with Crippen LogP contribution in [0.1, 0.15) is 26.2 Å². The number of carboxylic acid groups (broad SMARTS) is 1. The molecule has 1 N–H and O–H groups in total. The molecule has 0 amide bonds. The van der Waals surface area contributed by atoms with Gasteiger partial charge in [0.1, 0.15) is 0 Å². The molecule has 0 aromatic rings. The Bertz CT molecular complexity index is 165. The monoisotopic (exact) mass is 185 g/mol. The normalized spacial score (nSPS) is 16.1. The highest BCUT2D eigenvalue weighted by molar-refractivity contribution is 5.76. The Labute approximate surface area is 67.6 Å². The second kappa shape index (κ2) is 4.30. The molecule has 0 aliphatic rings. The van der Waals surface area contributed by atoms with Crippen LogP contribution in [-0.4, -0.2) is 22.2 Å². The first-order valence-electron chi connectivity index (χ1n) is 3.49. The summed E-state index contributed by atoms with van der Waals surface area (Å²) in [5.74, 6) is -5.68. The number of alkyl halides is 1. The molecule has 1 atom stereocenters. The van der Waals surface area contributed by atoms with E-state index in [4.69, 9.17) is 5.11 Å². The third-order valence-electron chi connectivity index (χ3n) is 1.46. The van der Waals surface area contributed by atoms with E-state index in [2.05, 4.69) is 0 Å². The molecule has 0 heterocycles. The number of carboxylic acids is 1. The number of hydrogen-bond acceptors (Lipinski definition) is 2. The van der Waals surface area contributed by atoms with Crippen LogP contribution < -0.4 is 0 Å². The number of carbonyl (C=O) groups is 1. The third-order valence-corrected chi connectivity index (χ3v) is 1.46. The highest BCUT2D eigenvalue weighted by Crippen LogP contribution is 2.25. The van der Waals surface area contributed by atoms with Gasteiger partial charge in [0.25, 0.3) is 0 Å². The van der Waals surface area contributed by atoms with Crippen LogP contribution in [0.5, 0.6) is 0 Å². The minimum atomic E-state index is -3.53. The number of hydrogen-bond donors (Lipinski definition) is 1. The fraction of sp³-hybridized carbons (Fsp3) is 0.833. The predicted molar refractivity (Wildman–Crippen MR) is 35.1 cm³/mol. The number of halogens is 3. The summed E-state index contributed by atoms with van der Waals surface area (Å²) < 4.78 is 36.3. The van der Waals surface area contributed by atoms with Crippen LogP contribution in [0.4, 0.5) is 13.4 Å². The van der Waals surface area contributed by atoms with Gasteiger partial charge in [0.15, 0.2) is 0 Å². The number of aliphatic carboxylic acids is 1. The van der Waals surface area contributed by atoms with E-state index in [1.807, 2.05) is 0 Å². The number of unbranched alkanes of at least 4 members (excludes halogenated alkanes) is 1. The summed E-state index contributed by atoms with van der Waals surface area (Å²) in [4.78, 5) is 10.1. The van der Waals surface area contributed by atoms with E-state index < -0.39 is 23.5 Å². The van der Waals surface area contributed by atoms with Gasteiger partial charge in [0, 0.05) is 6.42 Å². The fourth-order valence-corrected chi connectivity index (χ4v) is 0.675. The van der Waals surface area contributed by atoms with Crippen molar-refractivity contribution >= 4 is 5.97 Å². The first-order chi connectivity index (χ1) is 5.45. The van der Waals surface area contributed by atoms with Crippen molar-refractivity contribution < 1.29 is 23.3 Å². The highest BCUT2D eigenvalue weighted by Gasteiger charge is 2.46. The van der Waals surface area contributed by atoms with Gasteiger partial charge < -0.3 is 5.11 Å². The van der Waals surface area contributed by atoms with Gasteiger partial charge in [-0.3, -0.25) is 0 Å². The van der Waals surface area contributed by atoms with E-state index in [1.165, 1.54) is 0 Å². The molecule has 0 spiro atoms. The Kier molecular flexibility index (Phi) is 4.02. The molecule has 6 heteroatoms. The first-order valence-corrected chi connectivity index (χ1v) is 3.49. The summed E-state index contributed by atoms with van der Waals surface area (Å²) in [6, 6.07) is 0. The summed E-state index contributed by atoms with van der Waals surface area (Å²) in [6.07, 6.45) is -0.133. The van der Waals surface area contributed by atoms with Crippen LogP contribution in [0, 0.1) is 0 Å². The molecule has 0 unspecified atom stereocenters. The van der Waals surface area contributed by atoms with Gasteiger partial charge in [0.2, 0.25) is 0 Å². The third kappa shape index (κ3) is 2.37. The van der Waals surface area contributed by atoms with Crippen LogP contribution in [0.25, 0.3) is 0 Å². The van der Waals surface area contributed by atoms with Gasteiger partial charge in [0.05, 0.1) is 5.34 Å². The smallest absolute Gasteiger partial charge is 0.362 e. The van der Waals surface area contributed by atoms with E-state index in [9.17, 15) is 18.1 Å². The Morgan fingerprint density at radius 1 is 1.58 bits per heavy atom. The van der Waals surface area contributed by atoms with E-state index in [0.717, 1.165) is 0 Å². The summed E-state index contributed by atoms with van der Waals surface area (Å²) in [7, 11) is 0. The Morgan fingerprint density at radius 3 is 2.33 bits per heavy atom. The Balaban J connectivity index is 4.29. The van der Waals surface area contributed by atoms with Crippen molar-refractivity contribution in [3.05, 3.63) is 0 Å². The van der Waals surface area contributed by atoms with Gasteiger partial charge in [-0.25, -0.2) is 9.18 Å². The maximum atomic E-state index is 12.8. The maximum Gasteiger partial charge on any atom is 0.362 e. The SMILES string of the molecule is CCCC[C@@](F)(C(=O)O)N(F)F. The molecule has 0 saturated carbocycles. The van der Waals surface area contributed by atoms with Crippen molar-refractivity contribution in [2.24, 2.45) is 0 Å². The molecular formula is C6H10F3NO2. The van der Waals surface area contributed by atoms with Crippen molar-refractivity contribution in [2.45, 2.75) is 32.0 Å². The standard InChI is InChI=1S/C6H10F3NO2/c1-2-3-4-6(7,5(11)12)10(8)9/h2-4H2,1H3,(H,11,12)/t6-/m0/s1. The number of nitrogens with zero attached hydrogens (tertiary/aromatic N) is 1. The van der Waals surface area contributed by atoms with Gasteiger partial charge >= 0.3 is 11.8 Å². The van der Waals surface area contributed by atoms with Crippen LogP contribution >= 0.6 is 0 Å². The molecule has 0 aliphatic heterocycles. The van der Waals surface area contributed by atoms with Crippen LogP contribution in [0.3, 0.4) is 0 Å². The molecule has 12 heavy (non-hydrogen) atoms. The Morgan fingerprint density at radius 2 is 2.08 bits per heavy atom. The summed E-state index contributed by atoms with van der Waals surface area (Å²) in [5.41, 5.74) is 0. The molecule has 0 aliphatic carbocycles. The van der Waals surface area contributed by atoms with E-state index in [0.29, 0.717) is 6.42 Å². The van der Waals surface area contributed by atoms with Crippen molar-refractivity contribution in [1.29, 1.82) is 0 Å². The van der Waals surface area contributed by atoms with Gasteiger partial charge in [-0.05, 0) is 6.42 Å². The summed E-state index contributed by atoms with van der Waals surface area (Å²) in [5, 5.41) is 6.24. The summed E-state index contributed by atoms with van der Waals surface area (Å²) >= 11 is 0. The second-order valence-electron chi connectivity index (χ2n) is 2.40. The molecule has 0 fully saturated rings. The van der Waals surface area contributed by atoms with Crippen molar-refractivity contribution in [2.75, 3.05) is 0 Å². The molecule has 0 radical (unpaired) electrons. The van der Waals surface area contributed by atoms with Crippen molar-refractivity contribution in [1.82, 2.24) is 5.34 Å². The molecule has 0 saturated heterocycles. The molecular weight excluding hydrogens is 175 g/mol. The van der Waals surface area contributed by atoms with Gasteiger partial charge in [-0.15, -0.1) is 0 Å². The average Bonchev–Trinajstić information content (AvgIpc) is 1.99. The second-order valence-corrected chi connectivity index (χ2v) is 2.40. The molecule has 0 aromatic carbocycles. The zero-order valence-corrected chi connectivity index (χ0v) is 6.56. The topological polar surface area (TPSA) is 40.5 Å². The molecule has 0 rings (SSSR count). The number of rotatable bonds is 5. The Hall–Kier alpha value is -0.780. The zero-order chi connectivity index (χ0) is 9.78. The molecule has 0 aromatic heterocycles. The van der Waals surface area contributed by atoms with E-state index in [-0.39, 0.29) is 6.42 Å². The lowest BCUT2D eigenvalue weighted by atomic mass is 10.1. The maximum absolute atomic E-state index is 12.8. The van der Waals surface area contributed by atoms with Crippen LogP contribution in [-0.2, 0) is 4.79 Å². The highest BCUT2D eigenvalue weighted by atomic mass is 19.4. The fourth-order valence-electron chi connectivity index (χ4n) is 0.675. The first kappa shape index (κ1) is 11.2. The lowest BCUT2D eigenvalue weighted by Crippen LogP contribution is -2.43. The zero-order valence-electron chi connectivity index (χ0n) is 6.56. The minimum absolute atomic E-state index is 0.104. The lowest BCUT2D eigenvalue weighted by Gasteiger charge is -2.19. The molecule has 3 nitrogen and oxygen atoms in total. The van der Waals surface area contributed by atoms with Crippen molar-refractivity contribution in [3.8, 4) is 0 Å². The lowest BCUT2D eigenvalue weighted by molar-refractivity contribution is -0.278. The predicted octanol–water partition coefficient (Wildman–Crippen LogP) is 2.00. The average molecular weight is 185 g/mol. The van der Waals surface area contributed by atoms with Gasteiger partial charge in [-0.1, -0.05) is 22.3 Å². The minimum Gasteiger partial charge on any atom is -0.478 e.